The van der Waals surface area contributed by atoms with Crippen molar-refractivity contribution in [3.63, 3.8) is 0 Å². The highest BCUT2D eigenvalue weighted by Crippen LogP contribution is 2.32. The van der Waals surface area contributed by atoms with Gasteiger partial charge in [0.25, 0.3) is 0 Å². The van der Waals surface area contributed by atoms with Crippen LogP contribution in [0.2, 0.25) is 0 Å². The second-order valence-corrected chi connectivity index (χ2v) is 6.86. The molecule has 0 radical (unpaired) electrons. The van der Waals surface area contributed by atoms with Crippen molar-refractivity contribution >= 4 is 17.0 Å². The molecular formula is C18H23N3O2. The maximum Gasteiger partial charge on any atom is 0.410 e. The Kier molecular flexibility index (Phi) is 3.53. The summed E-state index contributed by atoms with van der Waals surface area (Å²) in [7, 11) is 1.82. The highest BCUT2D eigenvalue weighted by Gasteiger charge is 2.45. The van der Waals surface area contributed by atoms with E-state index in [0.29, 0.717) is 0 Å². The van der Waals surface area contributed by atoms with Crippen LogP contribution >= 0.6 is 0 Å². The van der Waals surface area contributed by atoms with Gasteiger partial charge in [0.2, 0.25) is 0 Å². The molecule has 5 nitrogen and oxygen atoms in total. The lowest BCUT2D eigenvalue weighted by Crippen LogP contribution is -2.47. The first-order chi connectivity index (χ1) is 11.2. The van der Waals surface area contributed by atoms with E-state index in [1.54, 1.807) is 4.90 Å². The first-order valence-electron chi connectivity index (χ1n) is 8.37. The zero-order valence-corrected chi connectivity index (χ0v) is 13.5. The first-order valence-corrected chi connectivity index (χ1v) is 8.37. The number of piperidine rings is 1. The number of likely N-dealkylation sites (tertiary alicyclic amines) is 1. The average Bonchev–Trinajstić information content (AvgIpc) is 3.09. The van der Waals surface area contributed by atoms with Crippen molar-refractivity contribution in [1.29, 1.82) is 0 Å². The minimum Gasteiger partial charge on any atom is -0.441 e. The summed E-state index contributed by atoms with van der Waals surface area (Å²) in [6, 6.07) is 8.45. The molecule has 122 valence electrons. The lowest BCUT2D eigenvalue weighted by Gasteiger charge is -2.37. The molecule has 4 rings (SSSR count). The van der Waals surface area contributed by atoms with E-state index in [-0.39, 0.29) is 11.7 Å². The SMILES string of the molecule is CN1CC2(CCN(CCc3c[nH]c4ccccc34)CC2)OC1=O. The number of para-hydroxylation sites is 1. The van der Waals surface area contributed by atoms with Crippen LogP contribution in [0.25, 0.3) is 10.9 Å². The van der Waals surface area contributed by atoms with Gasteiger partial charge in [-0.2, -0.15) is 0 Å². The minimum atomic E-state index is -0.233. The van der Waals surface area contributed by atoms with Gasteiger partial charge in [-0.15, -0.1) is 0 Å². The number of fused-ring (bicyclic) bond motifs is 1. The van der Waals surface area contributed by atoms with Crippen LogP contribution in [0.3, 0.4) is 0 Å². The van der Waals surface area contributed by atoms with Gasteiger partial charge in [0, 0.05) is 56.6 Å². The predicted octanol–water partition coefficient (Wildman–Crippen LogP) is 2.63. The van der Waals surface area contributed by atoms with Gasteiger partial charge >= 0.3 is 6.09 Å². The Hall–Kier alpha value is -2.01. The van der Waals surface area contributed by atoms with Crippen LogP contribution in [0, 0.1) is 0 Å². The summed E-state index contributed by atoms with van der Waals surface area (Å²) in [5, 5.41) is 1.33. The van der Waals surface area contributed by atoms with Gasteiger partial charge in [0.15, 0.2) is 0 Å². The van der Waals surface area contributed by atoms with Crippen molar-refractivity contribution in [2.24, 2.45) is 0 Å². The van der Waals surface area contributed by atoms with E-state index in [2.05, 4.69) is 40.3 Å². The third-order valence-corrected chi connectivity index (χ3v) is 5.28. The second kappa shape index (κ2) is 5.57. The van der Waals surface area contributed by atoms with Crippen molar-refractivity contribution in [2.75, 3.05) is 33.2 Å². The largest absolute Gasteiger partial charge is 0.441 e. The number of aromatic amines is 1. The molecule has 1 spiro atoms. The smallest absolute Gasteiger partial charge is 0.410 e. The zero-order valence-electron chi connectivity index (χ0n) is 13.5. The van der Waals surface area contributed by atoms with Gasteiger partial charge in [0.1, 0.15) is 5.60 Å². The molecule has 2 fully saturated rings. The average molecular weight is 313 g/mol. The number of carbonyl (C=O) groups excluding carboxylic acids is 1. The number of carbonyl (C=O) groups is 1. The molecule has 0 bridgehead atoms. The molecule has 1 N–H and O–H groups in total. The molecule has 0 atom stereocenters. The Labute approximate surface area is 136 Å². The van der Waals surface area contributed by atoms with Gasteiger partial charge < -0.3 is 19.5 Å². The van der Waals surface area contributed by atoms with Crippen LogP contribution in [-0.2, 0) is 11.2 Å². The molecule has 2 aromatic rings. The van der Waals surface area contributed by atoms with E-state index in [4.69, 9.17) is 4.74 Å². The van der Waals surface area contributed by atoms with Crippen molar-refractivity contribution in [1.82, 2.24) is 14.8 Å². The maximum atomic E-state index is 11.6. The van der Waals surface area contributed by atoms with Crippen LogP contribution in [0.1, 0.15) is 18.4 Å². The number of H-pyrrole nitrogens is 1. The Balaban J connectivity index is 1.34. The Bertz CT molecular complexity index is 716. The fourth-order valence-corrected chi connectivity index (χ4v) is 3.85. The number of rotatable bonds is 3. The summed E-state index contributed by atoms with van der Waals surface area (Å²) < 4.78 is 5.61. The van der Waals surface area contributed by atoms with E-state index in [0.717, 1.165) is 45.4 Å². The lowest BCUT2D eigenvalue weighted by molar-refractivity contribution is 0.00108. The maximum absolute atomic E-state index is 11.6. The van der Waals surface area contributed by atoms with Crippen LogP contribution < -0.4 is 0 Å². The number of likely N-dealkylation sites (N-methyl/N-ethyl adjacent to an activating group) is 1. The minimum absolute atomic E-state index is 0.169. The number of nitrogens with zero attached hydrogens (tertiary/aromatic N) is 2. The van der Waals surface area contributed by atoms with Crippen molar-refractivity contribution in [3.8, 4) is 0 Å². The van der Waals surface area contributed by atoms with Crippen LogP contribution in [0.5, 0.6) is 0 Å². The molecule has 0 aliphatic carbocycles. The topological polar surface area (TPSA) is 48.6 Å². The van der Waals surface area contributed by atoms with Crippen LogP contribution in [0.4, 0.5) is 4.79 Å². The molecule has 23 heavy (non-hydrogen) atoms. The molecule has 0 saturated carbocycles. The quantitative estimate of drug-likeness (QED) is 0.947. The molecular weight excluding hydrogens is 290 g/mol. The van der Waals surface area contributed by atoms with E-state index in [1.165, 1.54) is 16.5 Å². The third-order valence-electron chi connectivity index (χ3n) is 5.28. The van der Waals surface area contributed by atoms with Crippen LogP contribution in [0.15, 0.2) is 30.5 Å². The van der Waals surface area contributed by atoms with E-state index in [9.17, 15) is 4.79 Å². The Morgan fingerprint density at radius 2 is 2.04 bits per heavy atom. The summed E-state index contributed by atoms with van der Waals surface area (Å²) in [5.74, 6) is 0. The molecule has 1 aromatic heterocycles. The van der Waals surface area contributed by atoms with E-state index in [1.807, 2.05) is 7.05 Å². The number of nitrogens with one attached hydrogen (secondary N) is 1. The Morgan fingerprint density at radius 3 is 2.78 bits per heavy atom. The Morgan fingerprint density at radius 1 is 1.26 bits per heavy atom. The number of benzene rings is 1. The second-order valence-electron chi connectivity index (χ2n) is 6.86. The number of hydrogen-bond donors (Lipinski definition) is 1. The molecule has 1 amide bonds. The highest BCUT2D eigenvalue weighted by molar-refractivity contribution is 5.83. The number of amides is 1. The standard InChI is InChI=1S/C18H23N3O2/c1-20-13-18(23-17(20)22)7-10-21(11-8-18)9-6-14-12-19-16-5-3-2-4-15(14)16/h2-5,12,19H,6-11,13H2,1H3. The summed E-state index contributed by atoms with van der Waals surface area (Å²) in [6.07, 6.45) is 4.89. The summed E-state index contributed by atoms with van der Waals surface area (Å²) in [4.78, 5) is 19.1. The highest BCUT2D eigenvalue weighted by atomic mass is 16.6. The third kappa shape index (κ3) is 2.70. The van der Waals surface area contributed by atoms with Crippen LogP contribution in [-0.4, -0.2) is 59.7 Å². The van der Waals surface area contributed by atoms with Gasteiger partial charge in [-0.1, -0.05) is 18.2 Å². The monoisotopic (exact) mass is 313 g/mol. The van der Waals surface area contributed by atoms with Crippen molar-refractivity contribution < 1.29 is 9.53 Å². The molecule has 2 aliphatic heterocycles. The normalized spacial score (nSPS) is 21.3. The fourth-order valence-electron chi connectivity index (χ4n) is 3.85. The number of aromatic nitrogens is 1. The fraction of sp³-hybridized carbons (Fsp3) is 0.500. The summed E-state index contributed by atoms with van der Waals surface area (Å²) in [6.45, 7) is 3.80. The predicted molar refractivity (Wildman–Crippen MR) is 89.5 cm³/mol. The number of ether oxygens (including phenoxy) is 1. The zero-order chi connectivity index (χ0) is 15.9. The molecule has 1 aromatic carbocycles. The first kappa shape index (κ1) is 14.6. The molecule has 2 aliphatic rings. The van der Waals surface area contributed by atoms with E-state index < -0.39 is 0 Å². The summed E-state index contributed by atoms with van der Waals surface area (Å²) >= 11 is 0. The number of hydrogen-bond acceptors (Lipinski definition) is 3. The van der Waals surface area contributed by atoms with Gasteiger partial charge in [-0.25, -0.2) is 4.79 Å². The van der Waals surface area contributed by atoms with Gasteiger partial charge in [-0.05, 0) is 18.1 Å². The lowest BCUT2D eigenvalue weighted by atomic mass is 9.91. The van der Waals surface area contributed by atoms with E-state index >= 15 is 0 Å². The summed E-state index contributed by atoms with van der Waals surface area (Å²) in [5.41, 5.74) is 2.36. The van der Waals surface area contributed by atoms with Gasteiger partial charge in [-0.3, -0.25) is 0 Å². The molecule has 2 saturated heterocycles. The molecule has 0 unspecified atom stereocenters. The van der Waals surface area contributed by atoms with Gasteiger partial charge in [0.05, 0.1) is 6.54 Å². The molecule has 3 heterocycles. The van der Waals surface area contributed by atoms with Crippen molar-refractivity contribution in [3.05, 3.63) is 36.0 Å². The van der Waals surface area contributed by atoms with Crippen molar-refractivity contribution in [2.45, 2.75) is 24.9 Å². The molecule has 5 heteroatoms.